The summed E-state index contributed by atoms with van der Waals surface area (Å²) in [6.45, 7) is 7.42. The number of halogens is 1. The molecule has 1 heterocycles. The standard InChI is InChI=1S/C14H17FO2/c1-8-5-6-9-7-10(13(16)14(2,3)4)17-12(9)11(8)15/h5-7,13,16H,1-4H3. The molecule has 1 aromatic heterocycles. The number of aliphatic hydroxyl groups excluding tert-OH is 1. The van der Waals surface area contributed by atoms with Crippen LogP contribution >= 0.6 is 0 Å². The Kier molecular flexibility index (Phi) is 2.74. The second kappa shape index (κ2) is 3.84. The van der Waals surface area contributed by atoms with Gasteiger partial charge in [0.25, 0.3) is 0 Å². The summed E-state index contributed by atoms with van der Waals surface area (Å²) in [5.41, 5.74) is 0.436. The van der Waals surface area contributed by atoms with E-state index in [9.17, 15) is 9.50 Å². The van der Waals surface area contributed by atoms with Crippen molar-refractivity contribution in [2.75, 3.05) is 0 Å². The van der Waals surface area contributed by atoms with Crippen molar-refractivity contribution < 1.29 is 13.9 Å². The number of fused-ring (bicyclic) bond motifs is 1. The highest BCUT2D eigenvalue weighted by Gasteiger charge is 2.27. The summed E-state index contributed by atoms with van der Waals surface area (Å²) in [5.74, 6) is 0.0619. The first-order chi connectivity index (χ1) is 7.80. The predicted octanol–water partition coefficient (Wildman–Crippen LogP) is 3.96. The Balaban J connectivity index is 2.56. The molecule has 0 spiro atoms. The van der Waals surface area contributed by atoms with Crippen LogP contribution in [0, 0.1) is 18.2 Å². The maximum atomic E-state index is 13.8. The van der Waals surface area contributed by atoms with Crippen LogP contribution in [0.15, 0.2) is 22.6 Å². The molecule has 2 aromatic rings. The van der Waals surface area contributed by atoms with Crippen molar-refractivity contribution in [1.82, 2.24) is 0 Å². The second-order valence-electron chi connectivity index (χ2n) is 5.53. The fraction of sp³-hybridized carbons (Fsp3) is 0.429. The fourth-order valence-electron chi connectivity index (χ4n) is 1.75. The van der Waals surface area contributed by atoms with Crippen LogP contribution in [-0.2, 0) is 0 Å². The van der Waals surface area contributed by atoms with Crippen LogP contribution in [0.1, 0.15) is 38.2 Å². The highest BCUT2D eigenvalue weighted by Crippen LogP contribution is 2.36. The largest absolute Gasteiger partial charge is 0.455 e. The minimum Gasteiger partial charge on any atom is -0.455 e. The number of furan rings is 1. The first kappa shape index (κ1) is 12.1. The average Bonchev–Trinajstić information content (AvgIpc) is 2.65. The van der Waals surface area contributed by atoms with Crippen molar-refractivity contribution in [3.63, 3.8) is 0 Å². The minimum atomic E-state index is -0.741. The number of hydrogen-bond donors (Lipinski definition) is 1. The van der Waals surface area contributed by atoms with Crippen LogP contribution in [0.2, 0.25) is 0 Å². The molecule has 1 unspecified atom stereocenters. The van der Waals surface area contributed by atoms with Crippen LogP contribution in [-0.4, -0.2) is 5.11 Å². The molecule has 3 heteroatoms. The minimum absolute atomic E-state index is 0.225. The van der Waals surface area contributed by atoms with Gasteiger partial charge in [-0.05, 0) is 24.0 Å². The van der Waals surface area contributed by atoms with E-state index >= 15 is 0 Å². The van der Waals surface area contributed by atoms with Gasteiger partial charge >= 0.3 is 0 Å². The molecular weight excluding hydrogens is 219 g/mol. The molecule has 0 saturated heterocycles. The van der Waals surface area contributed by atoms with Gasteiger partial charge in [-0.25, -0.2) is 4.39 Å². The Hall–Kier alpha value is -1.35. The maximum Gasteiger partial charge on any atom is 0.170 e. The summed E-state index contributed by atoms with van der Waals surface area (Å²) in [7, 11) is 0. The van der Waals surface area contributed by atoms with Crippen LogP contribution in [0.25, 0.3) is 11.0 Å². The zero-order chi connectivity index (χ0) is 12.8. The average molecular weight is 236 g/mol. The fourth-order valence-corrected chi connectivity index (χ4v) is 1.75. The van der Waals surface area contributed by atoms with Crippen LogP contribution in [0.5, 0.6) is 0 Å². The molecule has 0 aliphatic heterocycles. The summed E-state index contributed by atoms with van der Waals surface area (Å²) in [5, 5.41) is 10.8. The van der Waals surface area contributed by atoms with Crippen molar-refractivity contribution in [2.24, 2.45) is 5.41 Å². The number of benzene rings is 1. The number of rotatable bonds is 1. The van der Waals surface area contributed by atoms with E-state index < -0.39 is 6.10 Å². The van der Waals surface area contributed by atoms with Gasteiger partial charge in [0.15, 0.2) is 11.4 Å². The van der Waals surface area contributed by atoms with E-state index in [0.29, 0.717) is 16.7 Å². The molecule has 92 valence electrons. The van der Waals surface area contributed by atoms with Gasteiger partial charge in [0, 0.05) is 5.39 Å². The quantitative estimate of drug-likeness (QED) is 0.813. The number of hydrogen-bond acceptors (Lipinski definition) is 2. The molecular formula is C14H17FO2. The van der Waals surface area contributed by atoms with Crippen LogP contribution in [0.4, 0.5) is 4.39 Å². The molecule has 1 N–H and O–H groups in total. The molecule has 0 aliphatic rings. The Morgan fingerprint density at radius 3 is 2.53 bits per heavy atom. The summed E-state index contributed by atoms with van der Waals surface area (Å²) in [4.78, 5) is 0. The number of aryl methyl sites for hydroxylation is 1. The summed E-state index contributed by atoms with van der Waals surface area (Å²) < 4.78 is 19.2. The van der Waals surface area contributed by atoms with Gasteiger partial charge in [-0.3, -0.25) is 0 Å². The summed E-state index contributed by atoms with van der Waals surface area (Å²) in [6.07, 6.45) is -0.741. The molecule has 0 radical (unpaired) electrons. The van der Waals surface area contributed by atoms with Crippen molar-refractivity contribution >= 4 is 11.0 Å². The van der Waals surface area contributed by atoms with E-state index in [4.69, 9.17) is 4.42 Å². The monoisotopic (exact) mass is 236 g/mol. The Morgan fingerprint density at radius 2 is 1.94 bits per heavy atom. The van der Waals surface area contributed by atoms with E-state index in [0.717, 1.165) is 0 Å². The lowest BCUT2D eigenvalue weighted by atomic mass is 9.88. The van der Waals surface area contributed by atoms with Crippen molar-refractivity contribution in [3.05, 3.63) is 35.3 Å². The van der Waals surface area contributed by atoms with Gasteiger partial charge in [-0.1, -0.05) is 32.9 Å². The molecule has 17 heavy (non-hydrogen) atoms. The molecule has 1 aromatic carbocycles. The van der Waals surface area contributed by atoms with Crippen LogP contribution < -0.4 is 0 Å². The lowest BCUT2D eigenvalue weighted by molar-refractivity contribution is 0.0447. The van der Waals surface area contributed by atoms with Gasteiger partial charge in [-0.15, -0.1) is 0 Å². The van der Waals surface area contributed by atoms with E-state index in [1.54, 1.807) is 25.1 Å². The molecule has 0 fully saturated rings. The lowest BCUT2D eigenvalue weighted by Crippen LogP contribution is -2.16. The third kappa shape index (κ3) is 2.07. The van der Waals surface area contributed by atoms with Crippen LogP contribution in [0.3, 0.4) is 0 Å². The molecule has 0 amide bonds. The van der Waals surface area contributed by atoms with Crippen molar-refractivity contribution in [1.29, 1.82) is 0 Å². The molecule has 2 nitrogen and oxygen atoms in total. The smallest absolute Gasteiger partial charge is 0.170 e. The molecule has 0 saturated carbocycles. The van der Waals surface area contributed by atoms with Gasteiger partial charge in [0.1, 0.15) is 11.9 Å². The Labute approximate surface area is 100 Å². The highest BCUT2D eigenvalue weighted by atomic mass is 19.1. The third-order valence-electron chi connectivity index (χ3n) is 2.93. The van der Waals surface area contributed by atoms with Gasteiger partial charge in [-0.2, -0.15) is 0 Å². The Morgan fingerprint density at radius 1 is 1.29 bits per heavy atom. The third-order valence-corrected chi connectivity index (χ3v) is 2.93. The molecule has 1 atom stereocenters. The zero-order valence-electron chi connectivity index (χ0n) is 10.5. The maximum absolute atomic E-state index is 13.8. The molecule has 0 aliphatic carbocycles. The lowest BCUT2D eigenvalue weighted by Gasteiger charge is -2.23. The molecule has 2 rings (SSSR count). The van der Waals surface area contributed by atoms with Crippen molar-refractivity contribution in [2.45, 2.75) is 33.8 Å². The SMILES string of the molecule is Cc1ccc2cc(C(O)C(C)(C)C)oc2c1F. The van der Waals surface area contributed by atoms with Gasteiger partial charge in [0.2, 0.25) is 0 Å². The first-order valence-electron chi connectivity index (χ1n) is 5.67. The topological polar surface area (TPSA) is 33.4 Å². The summed E-state index contributed by atoms with van der Waals surface area (Å²) >= 11 is 0. The second-order valence-corrected chi connectivity index (χ2v) is 5.53. The number of aliphatic hydroxyl groups is 1. The first-order valence-corrected chi connectivity index (χ1v) is 5.67. The highest BCUT2D eigenvalue weighted by molar-refractivity contribution is 5.79. The molecule has 0 bridgehead atoms. The van der Waals surface area contributed by atoms with E-state index in [1.165, 1.54) is 0 Å². The predicted molar refractivity (Wildman–Crippen MR) is 65.3 cm³/mol. The van der Waals surface area contributed by atoms with Gasteiger partial charge < -0.3 is 9.52 Å². The van der Waals surface area contributed by atoms with E-state index in [1.807, 2.05) is 20.8 Å². The van der Waals surface area contributed by atoms with E-state index in [2.05, 4.69) is 0 Å². The summed E-state index contributed by atoms with van der Waals surface area (Å²) in [6, 6.07) is 5.21. The normalized spacial score (nSPS) is 14.2. The van der Waals surface area contributed by atoms with Gasteiger partial charge in [0.05, 0.1) is 0 Å². The van der Waals surface area contributed by atoms with E-state index in [-0.39, 0.29) is 16.8 Å². The van der Waals surface area contributed by atoms with Crippen molar-refractivity contribution in [3.8, 4) is 0 Å². The Bertz CT molecular complexity index is 549. The zero-order valence-corrected chi connectivity index (χ0v) is 10.5.